The highest BCUT2D eigenvalue weighted by atomic mass is 32.2. The molecule has 2 heterocycles. The van der Waals surface area contributed by atoms with Gasteiger partial charge in [-0.05, 0) is 29.8 Å². The lowest BCUT2D eigenvalue weighted by molar-refractivity contribution is 0.102. The molecule has 11 heteroatoms. The number of nitrogens with one attached hydrogen (secondary N) is 1. The Balaban J connectivity index is 1.41. The fourth-order valence-electron chi connectivity index (χ4n) is 2.93. The van der Waals surface area contributed by atoms with Crippen LogP contribution >= 0.6 is 11.3 Å². The van der Waals surface area contributed by atoms with E-state index in [1.807, 2.05) is 17.5 Å². The van der Waals surface area contributed by atoms with E-state index in [1.54, 1.807) is 47.4 Å². The first-order chi connectivity index (χ1) is 15.3. The SMILES string of the molecule is CN(c1ccc(-c2csc(NC(=O)c3ccc(Cn4cncn4)cc3)n2)cc1)S(C)(=O)=O. The van der Waals surface area contributed by atoms with Crippen molar-refractivity contribution in [1.82, 2.24) is 19.7 Å². The zero-order valence-corrected chi connectivity index (χ0v) is 19.0. The van der Waals surface area contributed by atoms with Crippen molar-refractivity contribution in [2.75, 3.05) is 22.9 Å². The number of carbonyl (C=O) groups is 1. The molecule has 32 heavy (non-hydrogen) atoms. The second-order valence-corrected chi connectivity index (χ2v) is 9.93. The zero-order valence-electron chi connectivity index (χ0n) is 17.3. The molecule has 0 unspecified atom stereocenters. The maximum Gasteiger partial charge on any atom is 0.257 e. The molecule has 0 saturated carbocycles. The quantitative estimate of drug-likeness (QED) is 0.446. The summed E-state index contributed by atoms with van der Waals surface area (Å²) in [5, 5.41) is 9.20. The van der Waals surface area contributed by atoms with Crippen molar-refractivity contribution in [3.05, 3.63) is 77.7 Å². The standard InChI is InChI=1S/C21H20N6O3S2/c1-26(32(2,29)30)18-9-7-16(8-10-18)19-12-31-21(24-19)25-20(28)17-5-3-15(4-6-17)11-27-14-22-13-23-27/h3-10,12-14H,11H2,1-2H3,(H,24,25,28). The van der Waals surface area contributed by atoms with Crippen LogP contribution in [0, 0.1) is 0 Å². The summed E-state index contributed by atoms with van der Waals surface area (Å²) in [6, 6.07) is 14.3. The summed E-state index contributed by atoms with van der Waals surface area (Å²) < 4.78 is 26.3. The molecule has 0 bridgehead atoms. The number of aromatic nitrogens is 4. The highest BCUT2D eigenvalue weighted by molar-refractivity contribution is 7.92. The molecule has 4 aromatic rings. The molecule has 0 spiro atoms. The average Bonchev–Trinajstić information content (AvgIpc) is 3.45. The Morgan fingerprint density at radius 2 is 1.84 bits per heavy atom. The van der Waals surface area contributed by atoms with Gasteiger partial charge in [0, 0.05) is 23.6 Å². The second-order valence-electron chi connectivity index (χ2n) is 7.06. The Hall–Kier alpha value is -3.57. The van der Waals surface area contributed by atoms with E-state index in [0.717, 1.165) is 17.4 Å². The maximum atomic E-state index is 12.6. The van der Waals surface area contributed by atoms with Gasteiger partial charge in [-0.1, -0.05) is 24.3 Å². The number of rotatable bonds is 7. The number of nitrogens with zero attached hydrogens (tertiary/aromatic N) is 5. The van der Waals surface area contributed by atoms with E-state index in [1.165, 1.54) is 29.0 Å². The van der Waals surface area contributed by atoms with Gasteiger partial charge >= 0.3 is 0 Å². The van der Waals surface area contributed by atoms with Crippen LogP contribution in [0.25, 0.3) is 11.3 Å². The van der Waals surface area contributed by atoms with Gasteiger partial charge in [0.25, 0.3) is 5.91 Å². The van der Waals surface area contributed by atoms with E-state index >= 15 is 0 Å². The first-order valence-electron chi connectivity index (χ1n) is 9.52. The van der Waals surface area contributed by atoms with Gasteiger partial charge in [-0.3, -0.25) is 14.4 Å². The normalized spacial score (nSPS) is 11.3. The molecule has 0 aliphatic heterocycles. The van der Waals surface area contributed by atoms with Gasteiger partial charge in [-0.25, -0.2) is 23.1 Å². The molecule has 9 nitrogen and oxygen atoms in total. The summed E-state index contributed by atoms with van der Waals surface area (Å²) in [5.74, 6) is -0.247. The van der Waals surface area contributed by atoms with Crippen LogP contribution in [0.15, 0.2) is 66.6 Å². The lowest BCUT2D eigenvalue weighted by Crippen LogP contribution is -2.24. The van der Waals surface area contributed by atoms with Gasteiger partial charge in [0.15, 0.2) is 5.13 Å². The fraction of sp³-hybridized carbons (Fsp3) is 0.143. The average molecular weight is 469 g/mol. The van der Waals surface area contributed by atoms with Crippen LogP contribution in [0.3, 0.4) is 0 Å². The Morgan fingerprint density at radius 3 is 2.47 bits per heavy atom. The summed E-state index contributed by atoms with van der Waals surface area (Å²) in [6.45, 7) is 0.580. The third-order valence-electron chi connectivity index (χ3n) is 4.78. The predicted octanol–water partition coefficient (Wildman–Crippen LogP) is 3.10. The van der Waals surface area contributed by atoms with Gasteiger partial charge in [0.2, 0.25) is 10.0 Å². The molecule has 2 aromatic carbocycles. The van der Waals surface area contributed by atoms with E-state index in [-0.39, 0.29) is 5.91 Å². The minimum absolute atomic E-state index is 0.247. The molecule has 164 valence electrons. The van der Waals surface area contributed by atoms with Crippen LogP contribution in [0.5, 0.6) is 0 Å². The van der Waals surface area contributed by atoms with Gasteiger partial charge in [-0.15, -0.1) is 11.3 Å². The van der Waals surface area contributed by atoms with Gasteiger partial charge < -0.3 is 0 Å². The number of benzene rings is 2. The highest BCUT2D eigenvalue weighted by Crippen LogP contribution is 2.27. The first kappa shape index (κ1) is 21.7. The third kappa shape index (κ3) is 5.01. The molecule has 1 amide bonds. The zero-order chi connectivity index (χ0) is 22.7. The van der Waals surface area contributed by atoms with Crippen molar-refractivity contribution in [2.45, 2.75) is 6.54 Å². The molecular formula is C21H20N6O3S2. The van der Waals surface area contributed by atoms with Gasteiger partial charge in [0.05, 0.1) is 24.2 Å². The molecule has 0 radical (unpaired) electrons. The summed E-state index contributed by atoms with van der Waals surface area (Å²) in [6.07, 6.45) is 4.27. The molecule has 0 fully saturated rings. The van der Waals surface area contributed by atoms with E-state index in [2.05, 4.69) is 20.4 Å². The summed E-state index contributed by atoms with van der Waals surface area (Å²) in [4.78, 5) is 21.0. The van der Waals surface area contributed by atoms with Gasteiger partial charge in [0.1, 0.15) is 12.7 Å². The van der Waals surface area contributed by atoms with Crippen LogP contribution < -0.4 is 9.62 Å². The first-order valence-corrected chi connectivity index (χ1v) is 12.2. The smallest absolute Gasteiger partial charge is 0.257 e. The summed E-state index contributed by atoms with van der Waals surface area (Å²) >= 11 is 1.32. The monoisotopic (exact) mass is 468 g/mol. The summed E-state index contributed by atoms with van der Waals surface area (Å²) in [5.41, 5.74) is 3.62. The molecule has 0 aliphatic carbocycles. The number of hydrogen-bond acceptors (Lipinski definition) is 7. The molecule has 0 aliphatic rings. The molecular weight excluding hydrogens is 448 g/mol. The van der Waals surface area contributed by atoms with Crippen molar-refractivity contribution in [3.63, 3.8) is 0 Å². The number of anilines is 2. The number of sulfonamides is 1. The van der Waals surface area contributed by atoms with Crippen LogP contribution in [-0.2, 0) is 16.6 Å². The Labute approximate surface area is 189 Å². The van der Waals surface area contributed by atoms with E-state index in [4.69, 9.17) is 0 Å². The molecule has 4 rings (SSSR count). The lowest BCUT2D eigenvalue weighted by Gasteiger charge is -2.16. The molecule has 0 atom stereocenters. The minimum atomic E-state index is -3.32. The largest absolute Gasteiger partial charge is 0.298 e. The van der Waals surface area contributed by atoms with Crippen molar-refractivity contribution in [3.8, 4) is 11.3 Å². The topological polar surface area (TPSA) is 110 Å². The van der Waals surface area contributed by atoms with Crippen LogP contribution in [0.2, 0.25) is 0 Å². The Bertz CT molecular complexity index is 1310. The maximum absolute atomic E-state index is 12.6. The second kappa shape index (κ2) is 8.89. The number of thiazole rings is 1. The highest BCUT2D eigenvalue weighted by Gasteiger charge is 2.13. The van der Waals surface area contributed by atoms with Gasteiger partial charge in [-0.2, -0.15) is 5.10 Å². The third-order valence-corrected chi connectivity index (χ3v) is 6.74. The molecule has 1 N–H and O–H groups in total. The number of hydrogen-bond donors (Lipinski definition) is 1. The lowest BCUT2D eigenvalue weighted by atomic mass is 10.1. The van der Waals surface area contributed by atoms with E-state index in [0.29, 0.717) is 28.6 Å². The minimum Gasteiger partial charge on any atom is -0.298 e. The molecule has 0 saturated heterocycles. The van der Waals surface area contributed by atoms with Crippen molar-refractivity contribution < 1.29 is 13.2 Å². The van der Waals surface area contributed by atoms with Crippen LogP contribution in [0.1, 0.15) is 15.9 Å². The summed E-state index contributed by atoms with van der Waals surface area (Å²) in [7, 11) is -1.82. The molecule has 2 aromatic heterocycles. The van der Waals surface area contributed by atoms with Crippen LogP contribution in [-0.4, -0.2) is 47.4 Å². The van der Waals surface area contributed by atoms with E-state index < -0.39 is 10.0 Å². The van der Waals surface area contributed by atoms with Crippen LogP contribution in [0.4, 0.5) is 10.8 Å². The Morgan fingerprint density at radius 1 is 1.12 bits per heavy atom. The van der Waals surface area contributed by atoms with E-state index in [9.17, 15) is 13.2 Å². The predicted molar refractivity (Wildman–Crippen MR) is 124 cm³/mol. The van der Waals surface area contributed by atoms with Crippen molar-refractivity contribution >= 4 is 38.1 Å². The fourth-order valence-corrected chi connectivity index (χ4v) is 4.15. The van der Waals surface area contributed by atoms with Crippen molar-refractivity contribution in [1.29, 1.82) is 0 Å². The van der Waals surface area contributed by atoms with Crippen molar-refractivity contribution in [2.24, 2.45) is 0 Å². The Kier molecular flexibility index (Phi) is 6.01. The number of amides is 1. The number of carbonyl (C=O) groups excluding carboxylic acids is 1.